The van der Waals surface area contributed by atoms with Crippen molar-refractivity contribution in [2.75, 3.05) is 6.61 Å². The van der Waals surface area contributed by atoms with Crippen molar-refractivity contribution < 1.29 is 39.4 Å². The number of carbonyl (C=O) groups is 1. The maximum absolute atomic E-state index is 12.6. The maximum atomic E-state index is 12.6. The summed E-state index contributed by atoms with van der Waals surface area (Å²) in [5.41, 5.74) is 9.32. The summed E-state index contributed by atoms with van der Waals surface area (Å²) < 4.78 is 17.8. The van der Waals surface area contributed by atoms with E-state index in [9.17, 15) is 25.2 Å². The minimum atomic E-state index is -1.50. The van der Waals surface area contributed by atoms with Crippen LogP contribution in [0.5, 0.6) is 0 Å². The highest BCUT2D eigenvalue weighted by molar-refractivity contribution is 5.69. The van der Waals surface area contributed by atoms with Gasteiger partial charge in [-0.15, -0.1) is 0 Å². The molecule has 1 heterocycles. The molecule has 0 bridgehead atoms. The van der Waals surface area contributed by atoms with Gasteiger partial charge in [0.05, 0.1) is 12.2 Å². The zero-order valence-electron chi connectivity index (χ0n) is 44.9. The molecule has 0 aromatic rings. The van der Waals surface area contributed by atoms with Gasteiger partial charge in [0.15, 0.2) is 6.29 Å². The van der Waals surface area contributed by atoms with Crippen LogP contribution in [-0.2, 0) is 19.0 Å². The van der Waals surface area contributed by atoms with Crippen LogP contribution in [0.25, 0.3) is 0 Å². The summed E-state index contributed by atoms with van der Waals surface area (Å²) in [6.07, 6.45) is 37.4. The number of allylic oxidation sites excluding steroid dienone is 20. The molecule has 0 aromatic carbocycles. The van der Waals surface area contributed by atoms with E-state index in [2.05, 4.69) is 168 Å². The lowest BCUT2D eigenvalue weighted by atomic mass is 9.71. The predicted octanol–water partition coefficient (Wildman–Crippen LogP) is 13.9. The molecule has 1 unspecified atom stereocenters. The molecular weight excluding hydrogens is 861 g/mol. The molecule has 0 spiro atoms. The number of ether oxygens (including phenoxy) is 3. The fourth-order valence-electron chi connectivity index (χ4n) is 9.86. The van der Waals surface area contributed by atoms with E-state index in [0.717, 1.165) is 54.7 Å². The van der Waals surface area contributed by atoms with Crippen molar-refractivity contribution in [3.8, 4) is 0 Å². The molecule has 1 fully saturated rings. The van der Waals surface area contributed by atoms with E-state index in [-0.39, 0.29) is 35.6 Å². The molecule has 0 amide bonds. The molecule has 1 aliphatic heterocycles. The van der Waals surface area contributed by atoms with Crippen LogP contribution in [0.1, 0.15) is 179 Å². The number of rotatable bonds is 26. The van der Waals surface area contributed by atoms with Crippen LogP contribution < -0.4 is 0 Å². The van der Waals surface area contributed by atoms with Crippen LogP contribution in [0.4, 0.5) is 0 Å². The van der Waals surface area contributed by atoms with Gasteiger partial charge >= 0.3 is 5.97 Å². The van der Waals surface area contributed by atoms with Crippen molar-refractivity contribution in [3.05, 3.63) is 130 Å². The van der Waals surface area contributed by atoms with E-state index in [1.54, 1.807) is 0 Å². The van der Waals surface area contributed by atoms with Gasteiger partial charge in [0.1, 0.15) is 31.0 Å². The average molecular weight is 955 g/mol. The lowest BCUT2D eigenvalue weighted by molar-refractivity contribution is -0.313. The van der Waals surface area contributed by atoms with Gasteiger partial charge in [-0.1, -0.05) is 218 Å². The Balaban J connectivity index is 1.45. The molecule has 4 N–H and O–H groups in total. The van der Waals surface area contributed by atoms with E-state index in [0.29, 0.717) is 19.3 Å². The smallest absolute Gasteiger partial charge is 0.305 e. The molecule has 1 saturated heterocycles. The van der Waals surface area contributed by atoms with E-state index < -0.39 is 30.7 Å². The Bertz CT molecular complexity index is 1960. The highest BCUT2D eigenvalue weighted by Crippen LogP contribution is 2.43. The summed E-state index contributed by atoms with van der Waals surface area (Å²) >= 11 is 0. The summed E-state index contributed by atoms with van der Waals surface area (Å²) in [4.78, 5) is 12.6. The summed E-state index contributed by atoms with van der Waals surface area (Å²) in [5.74, 6) is 0.431. The fraction of sp³-hybridized carbons (Fsp3) is 0.623. The second kappa shape index (κ2) is 30.3. The molecule has 69 heavy (non-hydrogen) atoms. The summed E-state index contributed by atoms with van der Waals surface area (Å²) in [7, 11) is 0. The Morgan fingerprint density at radius 1 is 0.623 bits per heavy atom. The van der Waals surface area contributed by atoms with Crippen LogP contribution >= 0.6 is 0 Å². The molecule has 7 atom stereocenters. The number of hydrogen-bond donors (Lipinski definition) is 4. The molecule has 8 nitrogen and oxygen atoms in total. The lowest BCUT2D eigenvalue weighted by Gasteiger charge is -2.43. The van der Waals surface area contributed by atoms with Crippen molar-refractivity contribution in [1.29, 1.82) is 0 Å². The first-order valence-corrected chi connectivity index (χ1v) is 26.3. The SMILES string of the molecule is CC1=C(/C=C/C(C)=C/C=C/C(C)=C/C=C/C=C(C)/C=C/C=C(C)/C=C/C2=C(C)C[C@@H](OC3O[C@H](COC(=O)CCCCCCCCCCCC(C)C)[C@@H](O)[C@H](O)[C@H]3O)CC2(C)C)C(C)(C)C[C@H](O)C1. The van der Waals surface area contributed by atoms with Crippen LogP contribution in [0, 0.1) is 16.7 Å². The molecule has 0 radical (unpaired) electrons. The third-order valence-corrected chi connectivity index (χ3v) is 13.8. The third-order valence-electron chi connectivity index (χ3n) is 13.8. The first-order valence-electron chi connectivity index (χ1n) is 26.3. The van der Waals surface area contributed by atoms with E-state index >= 15 is 0 Å². The van der Waals surface area contributed by atoms with Crippen molar-refractivity contribution in [2.45, 2.75) is 222 Å². The normalized spacial score (nSPS) is 26.7. The standard InChI is InChI=1S/C61H94O8/c1-43(2)26-20-18-16-14-13-15-17-19-21-33-55(63)67-42-54-56(64)57(65)58(66)59(69-54)68-51-39-49(8)53(61(11,12)41-51)37-35-47(6)32-25-30-45(4)28-23-22-27-44(3)29-24-31-46(5)34-36-52-48(7)38-50(62)40-60(52,9)10/h22-25,27-32,34-37,43,50-51,54,56-59,62,64-66H,13-21,26,33,38-42H2,1-12H3/b23-22+,29-24+,30-25+,36-34+,37-35+,44-27+,45-28+,46-31+,47-32+/t50-,51-,54-,56-,57+,58-,59?/m1/s1. The number of carbonyl (C=O) groups excluding carboxylic acids is 1. The van der Waals surface area contributed by atoms with Crippen molar-refractivity contribution >= 4 is 5.97 Å². The maximum Gasteiger partial charge on any atom is 0.305 e. The van der Waals surface area contributed by atoms with Crippen molar-refractivity contribution in [1.82, 2.24) is 0 Å². The minimum absolute atomic E-state index is 0.0229. The topological polar surface area (TPSA) is 126 Å². The second-order valence-corrected chi connectivity index (χ2v) is 22.1. The van der Waals surface area contributed by atoms with Crippen molar-refractivity contribution in [3.63, 3.8) is 0 Å². The Labute approximate surface area is 419 Å². The number of hydrogen-bond acceptors (Lipinski definition) is 8. The third kappa shape index (κ3) is 22.1. The Hall–Kier alpha value is -3.63. The van der Waals surface area contributed by atoms with Gasteiger partial charge in [-0.2, -0.15) is 0 Å². The number of unbranched alkanes of at least 4 members (excludes halogenated alkanes) is 8. The van der Waals surface area contributed by atoms with E-state index in [4.69, 9.17) is 14.2 Å². The first-order chi connectivity index (χ1) is 32.6. The van der Waals surface area contributed by atoms with E-state index in [1.807, 2.05) is 0 Å². The van der Waals surface area contributed by atoms with E-state index in [1.165, 1.54) is 72.8 Å². The van der Waals surface area contributed by atoms with Crippen LogP contribution in [-0.4, -0.2) is 75.9 Å². The monoisotopic (exact) mass is 955 g/mol. The number of esters is 1. The zero-order chi connectivity index (χ0) is 51.1. The summed E-state index contributed by atoms with van der Waals surface area (Å²) in [5, 5.41) is 42.5. The Morgan fingerprint density at radius 2 is 1.09 bits per heavy atom. The number of aliphatic hydroxyl groups excluding tert-OH is 4. The molecule has 0 saturated carbocycles. The lowest BCUT2D eigenvalue weighted by Crippen LogP contribution is -2.60. The number of aliphatic hydroxyl groups is 4. The average Bonchev–Trinajstić information content (AvgIpc) is 3.25. The minimum Gasteiger partial charge on any atom is -0.463 e. The molecule has 8 heteroatoms. The quantitative estimate of drug-likeness (QED) is 0.0384. The van der Waals surface area contributed by atoms with Gasteiger partial charge in [-0.3, -0.25) is 4.79 Å². The summed E-state index contributed by atoms with van der Waals surface area (Å²) in [6, 6.07) is 0. The zero-order valence-corrected chi connectivity index (χ0v) is 44.9. The predicted molar refractivity (Wildman–Crippen MR) is 286 cm³/mol. The molecular formula is C61H94O8. The van der Waals surface area contributed by atoms with Crippen LogP contribution in [0.3, 0.4) is 0 Å². The largest absolute Gasteiger partial charge is 0.463 e. The van der Waals surface area contributed by atoms with Gasteiger partial charge in [0.25, 0.3) is 0 Å². The molecule has 386 valence electrons. The fourth-order valence-corrected chi connectivity index (χ4v) is 9.86. The summed E-state index contributed by atoms with van der Waals surface area (Å²) in [6.45, 7) is 25.7. The van der Waals surface area contributed by atoms with Crippen molar-refractivity contribution in [2.24, 2.45) is 16.7 Å². The van der Waals surface area contributed by atoms with Gasteiger partial charge in [-0.25, -0.2) is 0 Å². The molecule has 3 rings (SSSR count). The van der Waals surface area contributed by atoms with Crippen LogP contribution in [0.2, 0.25) is 0 Å². The molecule has 0 aromatic heterocycles. The molecule has 2 aliphatic carbocycles. The first kappa shape index (κ1) is 59.7. The van der Waals surface area contributed by atoms with Gasteiger partial charge in [0.2, 0.25) is 0 Å². The second-order valence-electron chi connectivity index (χ2n) is 22.1. The Kier molecular flexibility index (Phi) is 26.2. The van der Waals surface area contributed by atoms with Gasteiger partial charge in [-0.05, 0) is 102 Å². The highest BCUT2D eigenvalue weighted by atomic mass is 16.7. The van der Waals surface area contributed by atoms with Gasteiger partial charge < -0.3 is 34.6 Å². The van der Waals surface area contributed by atoms with Gasteiger partial charge in [0, 0.05) is 6.42 Å². The molecule has 3 aliphatic rings. The van der Waals surface area contributed by atoms with Crippen LogP contribution in [0.15, 0.2) is 130 Å². The highest BCUT2D eigenvalue weighted by Gasteiger charge is 2.46. The Morgan fingerprint density at radius 3 is 1.59 bits per heavy atom.